The second-order valence-electron chi connectivity index (χ2n) is 4.49. The first-order valence-corrected chi connectivity index (χ1v) is 7.00. The number of carbonyl (C=O) groups excluding carboxylic acids is 2. The second kappa shape index (κ2) is 6.00. The summed E-state index contributed by atoms with van der Waals surface area (Å²) in [6.45, 7) is -0.278. The fraction of sp³-hybridized carbons (Fsp3) is 0.500. The van der Waals surface area contributed by atoms with Gasteiger partial charge in [0.2, 0.25) is 0 Å². The van der Waals surface area contributed by atoms with Crippen molar-refractivity contribution in [2.75, 3.05) is 26.2 Å². The van der Waals surface area contributed by atoms with E-state index in [1.807, 2.05) is 0 Å². The molecule has 0 aromatic carbocycles. The topological polar surface area (TPSA) is 40.6 Å². The van der Waals surface area contributed by atoms with Crippen LogP contribution in [-0.2, 0) is 4.79 Å². The lowest BCUT2D eigenvalue weighted by atomic mass is 10.2. The molecule has 0 atom stereocenters. The van der Waals surface area contributed by atoms with Crippen LogP contribution in [-0.4, -0.2) is 60.1 Å². The van der Waals surface area contributed by atoms with Crippen molar-refractivity contribution in [2.24, 2.45) is 0 Å². The predicted molar refractivity (Wildman–Crippen MR) is 67.8 cm³/mol. The summed E-state index contributed by atoms with van der Waals surface area (Å²) in [6.07, 6.45) is -4.03. The Bertz CT molecular complexity index is 513. The van der Waals surface area contributed by atoms with E-state index in [4.69, 9.17) is 0 Å². The molecule has 0 spiro atoms. The normalized spacial score (nSPS) is 16.4. The minimum atomic E-state index is -4.68. The van der Waals surface area contributed by atoms with E-state index in [1.54, 1.807) is 17.5 Å². The summed E-state index contributed by atoms with van der Waals surface area (Å²) < 4.78 is 50.3. The molecule has 21 heavy (non-hydrogen) atoms. The van der Waals surface area contributed by atoms with E-state index in [1.165, 1.54) is 16.2 Å². The number of alkyl halides is 4. The van der Waals surface area contributed by atoms with Gasteiger partial charge in [-0.1, -0.05) is 6.07 Å². The SMILES string of the molecule is O=C(c1cccs1)N1CCN(C(=O)C(F)(F)C(F)F)CC1. The van der Waals surface area contributed by atoms with Crippen molar-refractivity contribution in [1.29, 1.82) is 0 Å². The van der Waals surface area contributed by atoms with Gasteiger partial charge in [-0.25, -0.2) is 8.78 Å². The number of piperazine rings is 1. The lowest BCUT2D eigenvalue weighted by molar-refractivity contribution is -0.181. The molecule has 4 nitrogen and oxygen atoms in total. The third-order valence-electron chi connectivity index (χ3n) is 3.15. The Hall–Kier alpha value is -1.64. The molecule has 0 aliphatic carbocycles. The highest BCUT2D eigenvalue weighted by atomic mass is 32.1. The molecule has 1 fully saturated rings. The van der Waals surface area contributed by atoms with E-state index in [0.29, 0.717) is 9.78 Å². The number of hydrogen-bond donors (Lipinski definition) is 0. The third kappa shape index (κ3) is 3.17. The van der Waals surface area contributed by atoms with E-state index in [2.05, 4.69) is 0 Å². The lowest BCUT2D eigenvalue weighted by Gasteiger charge is -2.35. The van der Waals surface area contributed by atoms with Crippen LogP contribution in [0, 0.1) is 0 Å². The smallest absolute Gasteiger partial charge is 0.334 e. The van der Waals surface area contributed by atoms with Gasteiger partial charge in [0.15, 0.2) is 0 Å². The first-order valence-electron chi connectivity index (χ1n) is 6.12. The average Bonchev–Trinajstić information content (AvgIpc) is 3.00. The minimum Gasteiger partial charge on any atom is -0.334 e. The van der Waals surface area contributed by atoms with Gasteiger partial charge >= 0.3 is 12.3 Å². The van der Waals surface area contributed by atoms with Gasteiger partial charge < -0.3 is 9.80 Å². The van der Waals surface area contributed by atoms with E-state index in [-0.39, 0.29) is 32.1 Å². The van der Waals surface area contributed by atoms with Gasteiger partial charge in [0.1, 0.15) is 0 Å². The first kappa shape index (κ1) is 15.7. The summed E-state index contributed by atoms with van der Waals surface area (Å²) >= 11 is 1.25. The summed E-state index contributed by atoms with van der Waals surface area (Å²) in [4.78, 5) is 26.0. The molecule has 2 rings (SSSR count). The molecule has 0 unspecified atom stereocenters. The molecule has 1 aromatic rings. The predicted octanol–water partition coefficient (Wildman–Crippen LogP) is 1.93. The summed E-state index contributed by atoms with van der Waals surface area (Å²) in [6, 6.07) is 3.34. The highest BCUT2D eigenvalue weighted by molar-refractivity contribution is 7.12. The molecule has 2 heterocycles. The minimum absolute atomic E-state index is 0.0434. The number of rotatable bonds is 3. The summed E-state index contributed by atoms with van der Waals surface area (Å²) in [7, 11) is 0. The molecular formula is C12H12F4N2O2S. The van der Waals surface area contributed by atoms with Gasteiger partial charge in [-0.15, -0.1) is 11.3 Å². The van der Waals surface area contributed by atoms with Crippen molar-refractivity contribution < 1.29 is 27.2 Å². The largest absolute Gasteiger partial charge is 0.383 e. The average molecular weight is 324 g/mol. The molecule has 1 saturated heterocycles. The highest BCUT2D eigenvalue weighted by Crippen LogP contribution is 2.26. The number of amides is 2. The summed E-state index contributed by atoms with van der Waals surface area (Å²) in [5, 5.41) is 1.73. The molecule has 0 radical (unpaired) electrons. The van der Waals surface area contributed by atoms with Crippen molar-refractivity contribution in [3.63, 3.8) is 0 Å². The lowest BCUT2D eigenvalue weighted by Crippen LogP contribution is -2.56. The van der Waals surface area contributed by atoms with E-state index < -0.39 is 18.3 Å². The molecule has 1 aromatic heterocycles. The van der Waals surface area contributed by atoms with E-state index in [0.717, 1.165) is 0 Å². The van der Waals surface area contributed by atoms with Crippen LogP contribution in [0.25, 0.3) is 0 Å². The maximum Gasteiger partial charge on any atom is 0.383 e. The van der Waals surface area contributed by atoms with Crippen LogP contribution in [0.3, 0.4) is 0 Å². The van der Waals surface area contributed by atoms with Crippen molar-refractivity contribution in [3.05, 3.63) is 22.4 Å². The van der Waals surface area contributed by atoms with Crippen LogP contribution in [0.4, 0.5) is 17.6 Å². The van der Waals surface area contributed by atoms with Gasteiger partial charge in [0.05, 0.1) is 4.88 Å². The summed E-state index contributed by atoms with van der Waals surface area (Å²) in [5.41, 5.74) is 0. The van der Waals surface area contributed by atoms with Crippen LogP contribution in [0.1, 0.15) is 9.67 Å². The number of hydrogen-bond acceptors (Lipinski definition) is 3. The fourth-order valence-electron chi connectivity index (χ4n) is 1.97. The number of carbonyl (C=O) groups is 2. The zero-order valence-electron chi connectivity index (χ0n) is 10.8. The molecule has 1 aliphatic heterocycles. The maximum absolute atomic E-state index is 13.0. The molecular weight excluding hydrogens is 312 g/mol. The Labute approximate surface area is 121 Å². The maximum atomic E-state index is 13.0. The Balaban J connectivity index is 1.95. The van der Waals surface area contributed by atoms with Crippen molar-refractivity contribution in [1.82, 2.24) is 9.80 Å². The van der Waals surface area contributed by atoms with Crippen LogP contribution < -0.4 is 0 Å². The molecule has 116 valence electrons. The molecule has 2 amide bonds. The Morgan fingerprint density at radius 2 is 1.71 bits per heavy atom. The van der Waals surface area contributed by atoms with Gasteiger partial charge in [-0.2, -0.15) is 8.78 Å². The number of thiophene rings is 1. The molecule has 0 N–H and O–H groups in total. The quantitative estimate of drug-likeness (QED) is 0.797. The van der Waals surface area contributed by atoms with E-state index >= 15 is 0 Å². The number of halogens is 4. The monoisotopic (exact) mass is 324 g/mol. The van der Waals surface area contributed by atoms with Crippen molar-refractivity contribution in [2.45, 2.75) is 12.3 Å². The van der Waals surface area contributed by atoms with Crippen molar-refractivity contribution >= 4 is 23.2 Å². The fourth-order valence-corrected chi connectivity index (χ4v) is 2.66. The molecule has 1 aliphatic rings. The van der Waals surface area contributed by atoms with Crippen LogP contribution in [0.5, 0.6) is 0 Å². The Morgan fingerprint density at radius 3 is 2.19 bits per heavy atom. The molecule has 0 bridgehead atoms. The first-order chi connectivity index (χ1) is 9.84. The molecule has 9 heteroatoms. The van der Waals surface area contributed by atoms with Crippen LogP contribution >= 0.6 is 11.3 Å². The molecule has 0 saturated carbocycles. The van der Waals surface area contributed by atoms with Gasteiger partial charge in [-0.05, 0) is 11.4 Å². The second-order valence-corrected chi connectivity index (χ2v) is 5.43. The van der Waals surface area contributed by atoms with Gasteiger partial charge in [-0.3, -0.25) is 9.59 Å². The van der Waals surface area contributed by atoms with Crippen LogP contribution in [0.15, 0.2) is 17.5 Å². The third-order valence-corrected chi connectivity index (χ3v) is 4.00. The van der Waals surface area contributed by atoms with Crippen LogP contribution in [0.2, 0.25) is 0 Å². The van der Waals surface area contributed by atoms with Crippen molar-refractivity contribution in [3.8, 4) is 0 Å². The number of nitrogens with zero attached hydrogens (tertiary/aromatic N) is 2. The highest BCUT2D eigenvalue weighted by Gasteiger charge is 2.51. The Kier molecular flexibility index (Phi) is 4.50. The van der Waals surface area contributed by atoms with Gasteiger partial charge in [0, 0.05) is 26.2 Å². The zero-order valence-corrected chi connectivity index (χ0v) is 11.6. The summed E-state index contributed by atoms with van der Waals surface area (Å²) in [5.74, 6) is -6.82. The standard InChI is InChI=1S/C12H12F4N2O2S/c13-10(14)12(15,16)11(20)18-5-3-17(4-6-18)9(19)8-2-1-7-21-8/h1-2,7,10H,3-6H2. The Morgan fingerprint density at radius 1 is 1.14 bits per heavy atom. The van der Waals surface area contributed by atoms with E-state index in [9.17, 15) is 27.2 Å². The van der Waals surface area contributed by atoms with Gasteiger partial charge in [0.25, 0.3) is 11.8 Å². The zero-order chi connectivity index (χ0) is 15.6.